The van der Waals surface area contributed by atoms with Gasteiger partial charge < -0.3 is 15.0 Å². The molecule has 1 N–H and O–H groups in total. The summed E-state index contributed by atoms with van der Waals surface area (Å²) in [5.41, 5.74) is -0.216. The summed E-state index contributed by atoms with van der Waals surface area (Å²) in [6, 6.07) is 5.95. The van der Waals surface area contributed by atoms with Crippen LogP contribution < -0.4 is 5.32 Å². The summed E-state index contributed by atoms with van der Waals surface area (Å²) in [5, 5.41) is 2.52. The van der Waals surface area contributed by atoms with Gasteiger partial charge in [-0.2, -0.15) is 0 Å². The number of hydrogen-bond donors (Lipinski definition) is 1. The molecule has 1 spiro atoms. The SMILES string of the molecule is CC(=O)c1ccccc1NC(=O)COC(=O)CN1C(=O)N(C)C2(CCCCC2)C1=O. The molecule has 1 saturated heterocycles. The minimum atomic E-state index is -0.872. The van der Waals surface area contributed by atoms with Crippen LogP contribution in [0.1, 0.15) is 49.4 Å². The molecule has 1 heterocycles. The Kier molecular flexibility index (Phi) is 6.19. The number of carbonyl (C=O) groups is 5. The number of urea groups is 1. The van der Waals surface area contributed by atoms with E-state index in [2.05, 4.69) is 5.32 Å². The zero-order valence-corrected chi connectivity index (χ0v) is 17.1. The molecule has 0 bridgehead atoms. The highest BCUT2D eigenvalue weighted by atomic mass is 16.5. The third-order valence-corrected chi connectivity index (χ3v) is 5.72. The molecule has 0 radical (unpaired) electrons. The first kappa shape index (κ1) is 21.5. The Balaban J connectivity index is 1.56. The number of carbonyl (C=O) groups excluding carboxylic acids is 5. The van der Waals surface area contributed by atoms with E-state index in [1.807, 2.05) is 0 Å². The van der Waals surface area contributed by atoms with Crippen LogP contribution in [0.3, 0.4) is 0 Å². The highest BCUT2D eigenvalue weighted by molar-refractivity contribution is 6.09. The third kappa shape index (κ3) is 4.05. The molecule has 1 aliphatic carbocycles. The van der Waals surface area contributed by atoms with Gasteiger partial charge in [0.25, 0.3) is 11.8 Å². The molecule has 160 valence electrons. The third-order valence-electron chi connectivity index (χ3n) is 5.72. The van der Waals surface area contributed by atoms with Gasteiger partial charge in [0, 0.05) is 12.6 Å². The molecule has 2 fully saturated rings. The van der Waals surface area contributed by atoms with Gasteiger partial charge in [-0.3, -0.25) is 24.1 Å². The number of esters is 1. The Morgan fingerprint density at radius 2 is 1.77 bits per heavy atom. The van der Waals surface area contributed by atoms with Crippen LogP contribution in [0.5, 0.6) is 0 Å². The van der Waals surface area contributed by atoms with Crippen LogP contribution >= 0.6 is 0 Å². The number of ether oxygens (including phenoxy) is 1. The first-order valence-corrected chi connectivity index (χ1v) is 9.91. The lowest BCUT2D eigenvalue weighted by molar-refractivity contribution is -0.150. The summed E-state index contributed by atoms with van der Waals surface area (Å²) in [6.07, 6.45) is 3.88. The lowest BCUT2D eigenvalue weighted by Gasteiger charge is -2.35. The van der Waals surface area contributed by atoms with Crippen molar-refractivity contribution in [3.05, 3.63) is 29.8 Å². The van der Waals surface area contributed by atoms with Crippen LogP contribution in [0.4, 0.5) is 10.5 Å². The van der Waals surface area contributed by atoms with Crippen LogP contribution in [-0.2, 0) is 19.1 Å². The molecule has 30 heavy (non-hydrogen) atoms. The molecule has 0 unspecified atom stereocenters. The Morgan fingerprint density at radius 3 is 2.43 bits per heavy atom. The predicted molar refractivity (Wildman–Crippen MR) is 107 cm³/mol. The van der Waals surface area contributed by atoms with Gasteiger partial charge in [-0.1, -0.05) is 31.4 Å². The molecule has 9 nitrogen and oxygen atoms in total. The van der Waals surface area contributed by atoms with Gasteiger partial charge in [-0.25, -0.2) is 4.79 Å². The molecule has 0 atom stereocenters. The normalized spacial score (nSPS) is 17.9. The van der Waals surface area contributed by atoms with Crippen LogP contribution in [0, 0.1) is 0 Å². The smallest absolute Gasteiger partial charge is 0.327 e. The van der Waals surface area contributed by atoms with Gasteiger partial charge in [0.1, 0.15) is 12.1 Å². The molecule has 2 aliphatic rings. The van der Waals surface area contributed by atoms with Gasteiger partial charge in [-0.15, -0.1) is 0 Å². The maximum atomic E-state index is 12.9. The maximum absolute atomic E-state index is 12.9. The van der Waals surface area contributed by atoms with Crippen molar-refractivity contribution < 1.29 is 28.7 Å². The highest BCUT2D eigenvalue weighted by Gasteiger charge is 2.55. The van der Waals surface area contributed by atoms with E-state index >= 15 is 0 Å². The van der Waals surface area contributed by atoms with E-state index in [0.717, 1.165) is 24.2 Å². The second-order valence-electron chi connectivity index (χ2n) is 7.64. The molecule has 3 rings (SSSR count). The average Bonchev–Trinajstić information content (AvgIpc) is 2.89. The molecule has 1 aromatic rings. The molecule has 1 saturated carbocycles. The summed E-state index contributed by atoms with van der Waals surface area (Å²) in [4.78, 5) is 63.6. The van der Waals surface area contributed by atoms with Gasteiger partial charge in [0.15, 0.2) is 12.4 Å². The van der Waals surface area contributed by atoms with Crippen molar-refractivity contribution in [1.29, 1.82) is 0 Å². The van der Waals surface area contributed by atoms with E-state index in [1.165, 1.54) is 11.8 Å². The van der Waals surface area contributed by atoms with Crippen molar-refractivity contribution in [2.75, 3.05) is 25.5 Å². The number of imide groups is 1. The van der Waals surface area contributed by atoms with Crippen LogP contribution in [0.2, 0.25) is 0 Å². The van der Waals surface area contributed by atoms with Crippen LogP contribution in [-0.4, -0.2) is 65.1 Å². The van der Waals surface area contributed by atoms with Crippen LogP contribution in [0.15, 0.2) is 24.3 Å². The summed E-state index contributed by atoms with van der Waals surface area (Å²) in [5.74, 6) is -2.08. The number of likely N-dealkylation sites (N-methyl/N-ethyl adjacent to an activating group) is 1. The van der Waals surface area contributed by atoms with E-state index in [0.29, 0.717) is 24.1 Å². The Hall–Kier alpha value is -3.23. The largest absolute Gasteiger partial charge is 0.454 e. The molecular formula is C21H25N3O6. The Bertz CT molecular complexity index is 890. The number of Topliss-reactive ketones (excluding diaryl/α,β-unsaturated/α-hetero) is 1. The fourth-order valence-corrected chi connectivity index (χ4v) is 4.08. The zero-order chi connectivity index (χ0) is 21.9. The lowest BCUT2D eigenvalue weighted by atomic mass is 9.81. The Labute approximate surface area is 174 Å². The number of amides is 4. The number of anilines is 1. The quantitative estimate of drug-likeness (QED) is 0.432. The van der Waals surface area contributed by atoms with Crippen molar-refractivity contribution in [2.24, 2.45) is 0 Å². The number of nitrogens with one attached hydrogen (secondary N) is 1. The first-order valence-electron chi connectivity index (χ1n) is 9.91. The minimum Gasteiger partial charge on any atom is -0.454 e. The minimum absolute atomic E-state index is 0.213. The number of para-hydroxylation sites is 1. The first-order chi connectivity index (χ1) is 14.3. The van der Waals surface area contributed by atoms with Gasteiger partial charge >= 0.3 is 12.0 Å². The zero-order valence-electron chi connectivity index (χ0n) is 17.1. The monoisotopic (exact) mass is 415 g/mol. The summed E-state index contributed by atoms with van der Waals surface area (Å²) < 4.78 is 4.95. The van der Waals surface area contributed by atoms with E-state index in [9.17, 15) is 24.0 Å². The van der Waals surface area contributed by atoms with E-state index in [4.69, 9.17) is 4.74 Å². The molecule has 1 aromatic carbocycles. The van der Waals surface area contributed by atoms with Crippen molar-refractivity contribution in [1.82, 2.24) is 9.80 Å². The van der Waals surface area contributed by atoms with Crippen molar-refractivity contribution >= 4 is 35.3 Å². The second kappa shape index (κ2) is 8.64. The fourth-order valence-electron chi connectivity index (χ4n) is 4.08. The van der Waals surface area contributed by atoms with Gasteiger partial charge in [0.05, 0.1) is 5.69 Å². The fraction of sp³-hybridized carbons (Fsp3) is 0.476. The summed E-state index contributed by atoms with van der Waals surface area (Å²) >= 11 is 0. The molecule has 9 heteroatoms. The van der Waals surface area contributed by atoms with E-state index in [1.54, 1.807) is 31.3 Å². The highest BCUT2D eigenvalue weighted by Crippen LogP contribution is 2.39. The van der Waals surface area contributed by atoms with Gasteiger partial charge in [0.2, 0.25) is 0 Å². The molecule has 1 aliphatic heterocycles. The van der Waals surface area contributed by atoms with Crippen molar-refractivity contribution in [3.8, 4) is 0 Å². The second-order valence-corrected chi connectivity index (χ2v) is 7.64. The van der Waals surface area contributed by atoms with Crippen LogP contribution in [0.25, 0.3) is 0 Å². The predicted octanol–water partition coefficient (Wildman–Crippen LogP) is 1.97. The van der Waals surface area contributed by atoms with Crippen molar-refractivity contribution in [3.63, 3.8) is 0 Å². The topological polar surface area (TPSA) is 113 Å². The molecule has 4 amide bonds. The number of hydrogen-bond acceptors (Lipinski definition) is 6. The number of ketones is 1. The summed E-state index contributed by atoms with van der Waals surface area (Å²) in [7, 11) is 1.58. The van der Waals surface area contributed by atoms with Gasteiger partial charge in [-0.05, 0) is 31.9 Å². The lowest BCUT2D eigenvalue weighted by Crippen LogP contribution is -2.49. The number of benzene rings is 1. The Morgan fingerprint density at radius 1 is 1.10 bits per heavy atom. The summed E-state index contributed by atoms with van der Waals surface area (Å²) in [6.45, 7) is 0.245. The maximum Gasteiger partial charge on any atom is 0.327 e. The molecular weight excluding hydrogens is 390 g/mol. The number of nitrogens with zero attached hydrogens (tertiary/aromatic N) is 2. The van der Waals surface area contributed by atoms with E-state index in [-0.39, 0.29) is 11.7 Å². The van der Waals surface area contributed by atoms with Crippen molar-refractivity contribution in [2.45, 2.75) is 44.6 Å². The van der Waals surface area contributed by atoms with E-state index < -0.39 is 36.6 Å². The average molecular weight is 415 g/mol. The standard InChI is InChI=1S/C21H25N3O6/c1-14(25)15-8-4-5-9-16(15)22-17(26)13-30-18(27)12-24-19(28)21(23(2)20(24)29)10-6-3-7-11-21/h4-5,8-9H,3,6-7,10-13H2,1-2H3,(H,22,26). The molecule has 0 aromatic heterocycles. The number of rotatable bonds is 6.